The number of hydrogen-bond donors (Lipinski definition) is 0. The summed E-state index contributed by atoms with van der Waals surface area (Å²) in [6.07, 6.45) is 15.2. The Kier molecular flexibility index (Phi) is 5.35. The molecule has 0 radical (unpaired) electrons. The molecule has 0 aliphatic heterocycles. The van der Waals surface area contributed by atoms with Gasteiger partial charge in [0.2, 0.25) is 0 Å². The first-order valence-corrected chi connectivity index (χ1v) is 11.7. The van der Waals surface area contributed by atoms with Crippen molar-refractivity contribution in [1.29, 1.82) is 0 Å². The second kappa shape index (κ2) is 7.34. The van der Waals surface area contributed by atoms with Crippen LogP contribution in [0.4, 0.5) is 4.53 Å². The van der Waals surface area contributed by atoms with Gasteiger partial charge in [-0.3, -0.25) is 4.94 Å². The minimum Gasteiger partial charge on any atom is -0.255 e. The van der Waals surface area contributed by atoms with Crippen LogP contribution in [0.2, 0.25) is 0 Å². The van der Waals surface area contributed by atoms with Crippen LogP contribution in [-0.4, -0.2) is 5.97 Å². The van der Waals surface area contributed by atoms with Gasteiger partial charge in [0.15, 0.2) is 0 Å². The lowest BCUT2D eigenvalue weighted by Gasteiger charge is -2.61. The molecule has 4 aliphatic rings. The third-order valence-electron chi connectivity index (χ3n) is 10.2. The van der Waals surface area contributed by atoms with Crippen LogP contribution in [-0.2, 0) is 9.74 Å². The van der Waals surface area contributed by atoms with Gasteiger partial charge in [-0.1, -0.05) is 33.6 Å². The molecule has 3 heteroatoms. The zero-order chi connectivity index (χ0) is 19.2. The molecule has 0 bridgehead atoms. The average molecular weight is 379 g/mol. The van der Waals surface area contributed by atoms with Crippen molar-refractivity contribution in [1.82, 2.24) is 0 Å². The van der Waals surface area contributed by atoms with E-state index in [2.05, 4.69) is 25.7 Å². The van der Waals surface area contributed by atoms with Gasteiger partial charge in [0.1, 0.15) is 0 Å². The number of rotatable bonds is 4. The second-order valence-corrected chi connectivity index (χ2v) is 11.1. The van der Waals surface area contributed by atoms with Crippen LogP contribution in [0.5, 0.6) is 0 Å². The van der Waals surface area contributed by atoms with E-state index >= 15 is 0 Å². The van der Waals surface area contributed by atoms with Crippen LogP contribution in [0, 0.1) is 46.3 Å². The fraction of sp³-hybridized carbons (Fsp3) is 0.958. The summed E-state index contributed by atoms with van der Waals surface area (Å²) in [7, 11) is 0. The Morgan fingerprint density at radius 1 is 1.00 bits per heavy atom. The Morgan fingerprint density at radius 2 is 1.78 bits per heavy atom. The Hall–Kier alpha value is -0.600. The van der Waals surface area contributed by atoms with E-state index in [0.717, 1.165) is 30.1 Å². The molecule has 0 heterocycles. The van der Waals surface area contributed by atoms with Crippen molar-refractivity contribution in [3.05, 3.63) is 0 Å². The van der Waals surface area contributed by atoms with Crippen molar-refractivity contribution in [2.45, 2.75) is 97.8 Å². The molecule has 4 aliphatic carbocycles. The largest absolute Gasteiger partial charge is 0.348 e. The Bertz CT molecular complexity index is 563. The van der Waals surface area contributed by atoms with Gasteiger partial charge in [-0.2, -0.15) is 0 Å². The molecule has 0 aromatic carbocycles. The SMILES string of the molecule is C[C@H](CCC(=O)OF)C1CCC2C3CCC4CCCCC4(C)C3CCC21C. The van der Waals surface area contributed by atoms with Crippen molar-refractivity contribution < 1.29 is 14.3 Å². The standard InChI is InChI=1S/C24H39FO2/c1-16(7-12-22(26)27-25)19-10-11-20-18-9-8-17-6-4-5-14-23(17,2)21(18)13-15-24(19,20)3/h16-21H,4-15H2,1-3H3/t16-,17?,18?,19?,20?,21?,23?,24?/m1/s1. The van der Waals surface area contributed by atoms with Crippen LogP contribution in [0.3, 0.4) is 0 Å². The summed E-state index contributed by atoms with van der Waals surface area (Å²) in [6, 6.07) is 0. The van der Waals surface area contributed by atoms with E-state index in [1.54, 1.807) is 0 Å². The molecule has 2 nitrogen and oxygen atoms in total. The molecule has 0 aromatic rings. The van der Waals surface area contributed by atoms with Gasteiger partial charge in [-0.25, -0.2) is 4.79 Å². The third kappa shape index (κ3) is 3.15. The van der Waals surface area contributed by atoms with Gasteiger partial charge in [-0.05, 0) is 104 Å². The number of fused-ring (bicyclic) bond motifs is 5. The third-order valence-corrected chi connectivity index (χ3v) is 10.2. The van der Waals surface area contributed by atoms with Gasteiger partial charge in [0.05, 0.1) is 0 Å². The number of halogens is 1. The van der Waals surface area contributed by atoms with Crippen LogP contribution in [0.25, 0.3) is 0 Å². The van der Waals surface area contributed by atoms with Crippen molar-refractivity contribution in [2.75, 3.05) is 0 Å². The lowest BCUT2D eigenvalue weighted by atomic mass is 9.44. The van der Waals surface area contributed by atoms with E-state index < -0.39 is 5.97 Å². The minimum absolute atomic E-state index is 0.223. The number of carbonyl (C=O) groups is 1. The Labute approximate surface area is 164 Å². The molecule has 0 amide bonds. The molecule has 0 N–H and O–H groups in total. The molecular formula is C24H39FO2. The normalized spacial score (nSPS) is 47.5. The van der Waals surface area contributed by atoms with Crippen LogP contribution < -0.4 is 0 Å². The molecule has 4 fully saturated rings. The number of hydrogen-bond acceptors (Lipinski definition) is 2. The molecule has 27 heavy (non-hydrogen) atoms. The van der Waals surface area contributed by atoms with Crippen molar-refractivity contribution >= 4 is 5.97 Å². The fourth-order valence-corrected chi connectivity index (χ4v) is 8.86. The summed E-state index contributed by atoms with van der Waals surface area (Å²) in [5, 5.41) is 0. The summed E-state index contributed by atoms with van der Waals surface area (Å²) in [5.41, 5.74) is 1.04. The highest BCUT2D eigenvalue weighted by Gasteiger charge is 2.60. The molecule has 0 spiro atoms. The van der Waals surface area contributed by atoms with E-state index in [9.17, 15) is 9.32 Å². The average Bonchev–Trinajstić information content (AvgIpc) is 3.02. The highest BCUT2D eigenvalue weighted by atomic mass is 19.3. The van der Waals surface area contributed by atoms with Gasteiger partial charge in [0.25, 0.3) is 0 Å². The first-order valence-electron chi connectivity index (χ1n) is 11.7. The highest BCUT2D eigenvalue weighted by molar-refractivity contribution is 5.68. The van der Waals surface area contributed by atoms with Gasteiger partial charge >= 0.3 is 5.97 Å². The molecule has 8 atom stereocenters. The zero-order valence-corrected chi connectivity index (χ0v) is 17.6. The molecule has 154 valence electrons. The first-order chi connectivity index (χ1) is 12.9. The molecule has 0 aromatic heterocycles. The van der Waals surface area contributed by atoms with Crippen LogP contribution in [0.15, 0.2) is 0 Å². The predicted octanol–water partition coefficient (Wildman–Crippen LogP) is 6.88. The maximum Gasteiger partial charge on any atom is 0.348 e. The lowest BCUT2D eigenvalue weighted by Crippen LogP contribution is -2.53. The topological polar surface area (TPSA) is 26.3 Å². The maximum absolute atomic E-state index is 12.1. The summed E-state index contributed by atoms with van der Waals surface area (Å²) in [4.78, 5) is 14.6. The van der Waals surface area contributed by atoms with E-state index in [0.29, 0.717) is 22.7 Å². The Balaban J connectivity index is 1.49. The zero-order valence-electron chi connectivity index (χ0n) is 17.6. The summed E-state index contributed by atoms with van der Waals surface area (Å²) in [6.45, 7) is 7.49. The second-order valence-electron chi connectivity index (χ2n) is 11.1. The van der Waals surface area contributed by atoms with Crippen molar-refractivity contribution in [2.24, 2.45) is 46.3 Å². The monoisotopic (exact) mass is 378 g/mol. The van der Waals surface area contributed by atoms with Gasteiger partial charge < -0.3 is 0 Å². The van der Waals surface area contributed by atoms with Gasteiger partial charge in [0, 0.05) is 10.9 Å². The van der Waals surface area contributed by atoms with Crippen LogP contribution >= 0.6 is 0 Å². The smallest absolute Gasteiger partial charge is 0.255 e. The van der Waals surface area contributed by atoms with E-state index in [1.165, 1.54) is 64.2 Å². The van der Waals surface area contributed by atoms with Crippen LogP contribution in [0.1, 0.15) is 97.8 Å². The fourth-order valence-electron chi connectivity index (χ4n) is 8.86. The Morgan fingerprint density at radius 3 is 2.56 bits per heavy atom. The first kappa shape index (κ1) is 19.7. The maximum atomic E-state index is 12.1. The van der Waals surface area contributed by atoms with Crippen molar-refractivity contribution in [3.63, 3.8) is 0 Å². The molecule has 4 saturated carbocycles. The van der Waals surface area contributed by atoms with Gasteiger partial charge in [-0.15, -0.1) is 0 Å². The quantitative estimate of drug-likeness (QED) is 0.533. The lowest BCUT2D eigenvalue weighted by molar-refractivity contribution is -0.184. The summed E-state index contributed by atoms with van der Waals surface area (Å²) < 4.78 is 12.1. The van der Waals surface area contributed by atoms with E-state index in [4.69, 9.17) is 0 Å². The summed E-state index contributed by atoms with van der Waals surface area (Å²) in [5.74, 6) is 4.20. The molecule has 0 saturated heterocycles. The molecular weight excluding hydrogens is 339 g/mol. The van der Waals surface area contributed by atoms with Crippen molar-refractivity contribution in [3.8, 4) is 0 Å². The highest BCUT2D eigenvalue weighted by Crippen LogP contribution is 2.68. The summed E-state index contributed by atoms with van der Waals surface area (Å²) >= 11 is 0. The van der Waals surface area contributed by atoms with E-state index in [-0.39, 0.29) is 6.42 Å². The number of carbonyl (C=O) groups excluding carboxylic acids is 1. The van der Waals surface area contributed by atoms with E-state index in [1.807, 2.05) is 0 Å². The molecule has 4 rings (SSSR count). The minimum atomic E-state index is -0.700. The molecule has 7 unspecified atom stereocenters. The predicted molar refractivity (Wildman–Crippen MR) is 105 cm³/mol.